The van der Waals surface area contributed by atoms with Crippen LogP contribution in [0.1, 0.15) is 5.56 Å². The first-order valence-corrected chi connectivity index (χ1v) is 8.79. The van der Waals surface area contributed by atoms with Gasteiger partial charge in [0.15, 0.2) is 11.5 Å². The van der Waals surface area contributed by atoms with Crippen LogP contribution in [0.4, 0.5) is 0 Å². The highest BCUT2D eigenvalue weighted by Gasteiger charge is 2.16. The number of halogens is 2. The lowest BCUT2D eigenvalue weighted by atomic mass is 10.2. The molecule has 0 aliphatic carbocycles. The molecule has 0 spiro atoms. The van der Waals surface area contributed by atoms with E-state index < -0.39 is 5.91 Å². The summed E-state index contributed by atoms with van der Waals surface area (Å²) in [5, 5.41) is 16.7. The van der Waals surface area contributed by atoms with Gasteiger partial charge in [0.05, 0.1) is 16.3 Å². The third-order valence-electron chi connectivity index (χ3n) is 3.74. The molecule has 11 heteroatoms. The Hall–Kier alpha value is -3.17. The van der Waals surface area contributed by atoms with Gasteiger partial charge in [-0.3, -0.25) is 4.79 Å². The van der Waals surface area contributed by atoms with Crippen LogP contribution in [0.3, 0.4) is 0 Å². The van der Waals surface area contributed by atoms with Crippen LogP contribution in [0.5, 0.6) is 11.5 Å². The van der Waals surface area contributed by atoms with Crippen molar-refractivity contribution in [2.75, 3.05) is 6.79 Å². The third kappa shape index (κ3) is 3.90. The van der Waals surface area contributed by atoms with Crippen LogP contribution in [0, 0.1) is 0 Å². The zero-order valence-electron chi connectivity index (χ0n) is 14.2. The Labute approximate surface area is 168 Å². The number of amides is 1. The van der Waals surface area contributed by atoms with E-state index in [1.54, 1.807) is 30.3 Å². The summed E-state index contributed by atoms with van der Waals surface area (Å²) < 4.78 is 10.5. The molecular formula is C17H12Cl2N6O3. The van der Waals surface area contributed by atoms with Gasteiger partial charge in [0.25, 0.3) is 5.91 Å². The number of hydrogen-bond acceptors (Lipinski definition) is 7. The smallest absolute Gasteiger partial charge is 0.263 e. The number of hydrogen-bond donors (Lipinski definition) is 1. The molecule has 0 bridgehead atoms. The molecular weight excluding hydrogens is 407 g/mol. The average molecular weight is 419 g/mol. The van der Waals surface area contributed by atoms with Crippen LogP contribution in [-0.4, -0.2) is 39.1 Å². The monoisotopic (exact) mass is 418 g/mol. The number of aromatic nitrogens is 4. The number of rotatable bonds is 5. The minimum atomic E-state index is -0.434. The second-order valence-corrected chi connectivity index (χ2v) is 6.46. The molecule has 0 saturated heterocycles. The van der Waals surface area contributed by atoms with Gasteiger partial charge in [-0.15, -0.1) is 10.2 Å². The van der Waals surface area contributed by atoms with E-state index in [1.165, 1.54) is 6.21 Å². The summed E-state index contributed by atoms with van der Waals surface area (Å²) in [5.74, 6) is 1.03. The standard InChI is InChI=1S/C17H12Cl2N6O3/c18-12-4-2-1-3-11(12)17-22-24-25(23-17)8-16(26)21-20-7-10-5-14-15(6-13(10)19)28-9-27-14/h1-7H,8-9H2,(H,21,26). The van der Waals surface area contributed by atoms with E-state index in [0.717, 1.165) is 4.80 Å². The van der Waals surface area contributed by atoms with Crippen LogP contribution in [0.15, 0.2) is 41.5 Å². The molecule has 0 atom stereocenters. The SMILES string of the molecule is O=C(Cn1nnc(-c2ccccc2Cl)n1)NN=Cc1cc2c(cc1Cl)OCO2. The van der Waals surface area contributed by atoms with Gasteiger partial charge in [-0.1, -0.05) is 35.3 Å². The number of carbonyl (C=O) groups is 1. The first-order chi connectivity index (χ1) is 13.6. The van der Waals surface area contributed by atoms with E-state index in [-0.39, 0.29) is 13.3 Å². The fourth-order valence-electron chi connectivity index (χ4n) is 2.43. The maximum absolute atomic E-state index is 12.0. The van der Waals surface area contributed by atoms with E-state index in [2.05, 4.69) is 25.9 Å². The van der Waals surface area contributed by atoms with Crippen molar-refractivity contribution in [2.24, 2.45) is 5.10 Å². The number of tetrazole rings is 1. The molecule has 3 aromatic rings. The van der Waals surface area contributed by atoms with Crippen LogP contribution < -0.4 is 14.9 Å². The van der Waals surface area contributed by atoms with Crippen molar-refractivity contribution in [3.63, 3.8) is 0 Å². The van der Waals surface area contributed by atoms with E-state index in [0.29, 0.717) is 38.5 Å². The molecule has 9 nitrogen and oxygen atoms in total. The molecule has 1 aromatic heterocycles. The van der Waals surface area contributed by atoms with Gasteiger partial charge in [0.2, 0.25) is 12.6 Å². The van der Waals surface area contributed by atoms with E-state index >= 15 is 0 Å². The lowest BCUT2D eigenvalue weighted by molar-refractivity contribution is -0.122. The third-order valence-corrected chi connectivity index (χ3v) is 4.39. The van der Waals surface area contributed by atoms with Crippen LogP contribution in [0.2, 0.25) is 10.0 Å². The first-order valence-electron chi connectivity index (χ1n) is 8.04. The number of hydrazone groups is 1. The summed E-state index contributed by atoms with van der Waals surface area (Å²) in [6.45, 7) is -0.0201. The molecule has 28 heavy (non-hydrogen) atoms. The highest BCUT2D eigenvalue weighted by atomic mass is 35.5. The minimum Gasteiger partial charge on any atom is -0.454 e. The predicted octanol–water partition coefficient (Wildman–Crippen LogP) is 2.53. The minimum absolute atomic E-state index is 0.143. The first kappa shape index (κ1) is 18.2. The largest absolute Gasteiger partial charge is 0.454 e. The van der Waals surface area contributed by atoms with Crippen molar-refractivity contribution in [1.29, 1.82) is 0 Å². The summed E-state index contributed by atoms with van der Waals surface area (Å²) in [5.41, 5.74) is 3.59. The molecule has 1 N–H and O–H groups in total. The fourth-order valence-corrected chi connectivity index (χ4v) is 2.85. The Balaban J connectivity index is 1.38. The van der Waals surface area contributed by atoms with Crippen molar-refractivity contribution >= 4 is 35.3 Å². The highest BCUT2D eigenvalue weighted by molar-refractivity contribution is 6.33. The molecule has 0 radical (unpaired) electrons. The quantitative estimate of drug-likeness (QED) is 0.504. The molecule has 142 valence electrons. The normalized spacial score (nSPS) is 12.5. The van der Waals surface area contributed by atoms with Gasteiger partial charge >= 0.3 is 0 Å². The summed E-state index contributed by atoms with van der Waals surface area (Å²) in [6, 6.07) is 10.4. The van der Waals surface area contributed by atoms with Gasteiger partial charge in [-0.05, 0) is 23.4 Å². The number of benzene rings is 2. The lowest BCUT2D eigenvalue weighted by Crippen LogP contribution is -2.24. The Morgan fingerprint density at radius 1 is 1.21 bits per heavy atom. The van der Waals surface area contributed by atoms with Crippen LogP contribution >= 0.6 is 23.2 Å². The predicted molar refractivity (Wildman–Crippen MR) is 102 cm³/mol. The van der Waals surface area contributed by atoms with Crippen molar-refractivity contribution in [3.8, 4) is 22.9 Å². The number of carbonyl (C=O) groups excluding carboxylic acids is 1. The number of fused-ring (bicyclic) bond motifs is 1. The van der Waals surface area contributed by atoms with Gasteiger partial charge in [0, 0.05) is 17.2 Å². The van der Waals surface area contributed by atoms with Gasteiger partial charge in [-0.2, -0.15) is 9.90 Å². The molecule has 0 unspecified atom stereocenters. The van der Waals surface area contributed by atoms with Gasteiger partial charge in [0.1, 0.15) is 6.54 Å². The molecule has 4 rings (SSSR count). The molecule has 0 fully saturated rings. The molecule has 1 amide bonds. The van der Waals surface area contributed by atoms with Crippen molar-refractivity contribution in [2.45, 2.75) is 6.54 Å². The zero-order valence-corrected chi connectivity index (χ0v) is 15.7. The lowest BCUT2D eigenvalue weighted by Gasteiger charge is -2.02. The highest BCUT2D eigenvalue weighted by Crippen LogP contribution is 2.36. The number of nitrogens with zero attached hydrogens (tertiary/aromatic N) is 5. The summed E-state index contributed by atoms with van der Waals surface area (Å²) >= 11 is 12.2. The second-order valence-electron chi connectivity index (χ2n) is 5.64. The Morgan fingerprint density at radius 2 is 2.00 bits per heavy atom. The van der Waals surface area contributed by atoms with Crippen molar-refractivity contribution in [1.82, 2.24) is 25.6 Å². The molecule has 1 aliphatic rings. The van der Waals surface area contributed by atoms with Crippen molar-refractivity contribution in [3.05, 3.63) is 52.0 Å². The van der Waals surface area contributed by atoms with Gasteiger partial charge < -0.3 is 9.47 Å². The molecule has 2 heterocycles. The number of nitrogens with one attached hydrogen (secondary N) is 1. The topological polar surface area (TPSA) is 104 Å². The Morgan fingerprint density at radius 3 is 2.82 bits per heavy atom. The van der Waals surface area contributed by atoms with Crippen molar-refractivity contribution < 1.29 is 14.3 Å². The zero-order chi connectivity index (χ0) is 19.5. The van der Waals surface area contributed by atoms with Crippen LogP contribution in [0.25, 0.3) is 11.4 Å². The molecule has 1 aliphatic heterocycles. The maximum atomic E-state index is 12.0. The molecule has 0 saturated carbocycles. The average Bonchev–Trinajstić information content (AvgIpc) is 3.31. The van der Waals surface area contributed by atoms with Crippen LogP contribution in [-0.2, 0) is 11.3 Å². The Bertz CT molecular complexity index is 1070. The maximum Gasteiger partial charge on any atom is 0.263 e. The Kier molecular flexibility index (Phi) is 5.09. The molecule has 2 aromatic carbocycles. The van der Waals surface area contributed by atoms with E-state index in [4.69, 9.17) is 32.7 Å². The summed E-state index contributed by atoms with van der Waals surface area (Å²) in [7, 11) is 0. The fraction of sp³-hybridized carbons (Fsp3) is 0.118. The second kappa shape index (κ2) is 7.83. The summed E-state index contributed by atoms with van der Waals surface area (Å²) in [6.07, 6.45) is 1.41. The van der Waals surface area contributed by atoms with E-state index in [1.807, 2.05) is 6.07 Å². The van der Waals surface area contributed by atoms with Gasteiger partial charge in [-0.25, -0.2) is 5.43 Å². The van der Waals surface area contributed by atoms with E-state index in [9.17, 15) is 4.79 Å². The number of ether oxygens (including phenoxy) is 2. The summed E-state index contributed by atoms with van der Waals surface area (Å²) in [4.78, 5) is 13.2.